The predicted molar refractivity (Wildman–Crippen MR) is 108 cm³/mol. The highest BCUT2D eigenvalue weighted by Gasteiger charge is 2.26. The van der Waals surface area contributed by atoms with E-state index in [4.69, 9.17) is 4.74 Å². The summed E-state index contributed by atoms with van der Waals surface area (Å²) in [6.07, 6.45) is 3.43. The van der Waals surface area contributed by atoms with Gasteiger partial charge in [0.1, 0.15) is 0 Å². The molecule has 1 amide bonds. The molecule has 4 rings (SSSR count). The van der Waals surface area contributed by atoms with Crippen molar-refractivity contribution in [3.05, 3.63) is 60.3 Å². The Morgan fingerprint density at radius 2 is 1.96 bits per heavy atom. The maximum Gasteiger partial charge on any atom is 0.254 e. The van der Waals surface area contributed by atoms with Gasteiger partial charge in [0, 0.05) is 30.4 Å². The monoisotopic (exact) mass is 371 g/mol. The molecule has 1 aromatic heterocycles. The van der Waals surface area contributed by atoms with Crippen LogP contribution in [0, 0.1) is 17.2 Å². The summed E-state index contributed by atoms with van der Waals surface area (Å²) in [5, 5.41) is 11.1. The second-order valence-corrected chi connectivity index (χ2v) is 6.99. The Morgan fingerprint density at radius 3 is 2.75 bits per heavy atom. The number of methoxy groups -OCH3 is 1. The molecule has 1 unspecified atom stereocenters. The van der Waals surface area contributed by atoms with Crippen LogP contribution in [0.2, 0.25) is 0 Å². The molecule has 2 aromatic carbocycles. The predicted octanol–water partition coefficient (Wildman–Crippen LogP) is 4.29. The van der Waals surface area contributed by atoms with Crippen molar-refractivity contribution in [2.45, 2.75) is 12.8 Å². The number of benzene rings is 2. The number of likely N-dealkylation sites (tertiary alicyclic amines) is 1. The first kappa shape index (κ1) is 18.0. The normalized spacial score (nSPS) is 16.6. The molecule has 1 saturated heterocycles. The molecule has 0 aliphatic carbocycles. The van der Waals surface area contributed by atoms with Crippen molar-refractivity contribution < 1.29 is 9.53 Å². The zero-order chi connectivity index (χ0) is 19.5. The molecule has 0 bridgehead atoms. The lowest BCUT2D eigenvalue weighted by Gasteiger charge is -2.30. The summed E-state index contributed by atoms with van der Waals surface area (Å²) in [4.78, 5) is 19.3. The van der Waals surface area contributed by atoms with Gasteiger partial charge in [-0.3, -0.25) is 4.79 Å². The quantitative estimate of drug-likeness (QED) is 0.689. The molecule has 3 aromatic rings. The SMILES string of the molecule is COc1ncccc1-c1ccc(C(=O)N2CCCC(C#N)C2)c2ccccc12. The third kappa shape index (κ3) is 3.18. The van der Waals surface area contributed by atoms with Gasteiger partial charge in [-0.2, -0.15) is 5.26 Å². The van der Waals surface area contributed by atoms with Crippen LogP contribution < -0.4 is 4.74 Å². The van der Waals surface area contributed by atoms with Gasteiger partial charge in [-0.15, -0.1) is 0 Å². The number of aromatic nitrogens is 1. The van der Waals surface area contributed by atoms with Gasteiger partial charge in [-0.25, -0.2) is 4.98 Å². The van der Waals surface area contributed by atoms with E-state index in [0.29, 0.717) is 24.5 Å². The van der Waals surface area contributed by atoms with E-state index in [0.717, 1.165) is 34.7 Å². The smallest absolute Gasteiger partial charge is 0.254 e. The number of carbonyl (C=O) groups excluding carboxylic acids is 1. The van der Waals surface area contributed by atoms with Crippen molar-refractivity contribution in [2.24, 2.45) is 5.92 Å². The fraction of sp³-hybridized carbons (Fsp3) is 0.261. The van der Waals surface area contributed by atoms with E-state index < -0.39 is 0 Å². The molecular weight excluding hydrogens is 350 g/mol. The highest BCUT2D eigenvalue weighted by Crippen LogP contribution is 2.35. The average molecular weight is 371 g/mol. The maximum absolute atomic E-state index is 13.2. The van der Waals surface area contributed by atoms with E-state index in [1.54, 1.807) is 13.3 Å². The van der Waals surface area contributed by atoms with Crippen LogP contribution in [0.1, 0.15) is 23.2 Å². The molecule has 0 saturated carbocycles. The minimum absolute atomic E-state index is 0.0131. The summed E-state index contributed by atoms with van der Waals surface area (Å²) in [5.74, 6) is 0.461. The van der Waals surface area contributed by atoms with Crippen molar-refractivity contribution >= 4 is 16.7 Å². The molecule has 28 heavy (non-hydrogen) atoms. The lowest BCUT2D eigenvalue weighted by molar-refractivity contribution is 0.0701. The van der Waals surface area contributed by atoms with E-state index in [1.807, 2.05) is 53.4 Å². The largest absolute Gasteiger partial charge is 0.481 e. The molecule has 1 fully saturated rings. The second kappa shape index (κ2) is 7.69. The number of hydrogen-bond donors (Lipinski definition) is 0. The highest BCUT2D eigenvalue weighted by atomic mass is 16.5. The Morgan fingerprint density at radius 1 is 1.14 bits per heavy atom. The van der Waals surface area contributed by atoms with Gasteiger partial charge in [-0.1, -0.05) is 30.3 Å². The first-order valence-electron chi connectivity index (χ1n) is 9.43. The first-order chi connectivity index (χ1) is 13.7. The fourth-order valence-corrected chi connectivity index (χ4v) is 3.92. The third-order valence-corrected chi connectivity index (χ3v) is 5.30. The van der Waals surface area contributed by atoms with Crippen LogP contribution in [0.4, 0.5) is 0 Å². The lowest BCUT2D eigenvalue weighted by Crippen LogP contribution is -2.39. The molecule has 1 atom stereocenters. The number of fused-ring (bicyclic) bond motifs is 1. The van der Waals surface area contributed by atoms with Gasteiger partial charge >= 0.3 is 0 Å². The minimum Gasteiger partial charge on any atom is -0.481 e. The number of nitrogens with zero attached hydrogens (tertiary/aromatic N) is 3. The number of amides is 1. The van der Waals surface area contributed by atoms with Crippen LogP contribution in [0.25, 0.3) is 21.9 Å². The fourth-order valence-electron chi connectivity index (χ4n) is 3.92. The van der Waals surface area contributed by atoms with Crippen LogP contribution >= 0.6 is 0 Å². The van der Waals surface area contributed by atoms with E-state index >= 15 is 0 Å². The summed E-state index contributed by atoms with van der Waals surface area (Å²) in [5.41, 5.74) is 2.54. The van der Waals surface area contributed by atoms with E-state index in [9.17, 15) is 10.1 Å². The molecule has 1 aliphatic heterocycles. The standard InChI is InChI=1S/C23H21N3O2/c1-28-22-20(9-4-12-25-22)19-10-11-21(18-8-3-2-7-17(18)19)23(27)26-13-5-6-16(14-24)15-26/h2-4,7-12,16H,5-6,13,15H2,1H3. The lowest BCUT2D eigenvalue weighted by atomic mass is 9.94. The molecule has 0 spiro atoms. The number of ether oxygens (including phenoxy) is 1. The summed E-state index contributed by atoms with van der Waals surface area (Å²) < 4.78 is 5.43. The third-order valence-electron chi connectivity index (χ3n) is 5.30. The molecular formula is C23H21N3O2. The van der Waals surface area contributed by atoms with Crippen molar-refractivity contribution in [1.82, 2.24) is 9.88 Å². The molecule has 5 heteroatoms. The Bertz CT molecular complexity index is 1070. The summed E-state index contributed by atoms with van der Waals surface area (Å²) in [6.45, 7) is 1.20. The maximum atomic E-state index is 13.2. The number of pyridine rings is 1. The molecule has 5 nitrogen and oxygen atoms in total. The van der Waals surface area contributed by atoms with Gasteiger partial charge < -0.3 is 9.64 Å². The number of nitriles is 1. The average Bonchev–Trinajstić information content (AvgIpc) is 2.78. The summed E-state index contributed by atoms with van der Waals surface area (Å²) in [7, 11) is 1.61. The van der Waals surface area contributed by atoms with Crippen LogP contribution in [0.5, 0.6) is 5.88 Å². The Labute approximate surface area is 164 Å². The van der Waals surface area contributed by atoms with Crippen molar-refractivity contribution in [3.8, 4) is 23.1 Å². The van der Waals surface area contributed by atoms with E-state index in [-0.39, 0.29) is 11.8 Å². The summed E-state index contributed by atoms with van der Waals surface area (Å²) >= 11 is 0. The van der Waals surface area contributed by atoms with Crippen LogP contribution in [0.3, 0.4) is 0 Å². The van der Waals surface area contributed by atoms with Crippen LogP contribution in [-0.2, 0) is 0 Å². The van der Waals surface area contributed by atoms with Crippen LogP contribution in [0.15, 0.2) is 54.7 Å². The van der Waals surface area contributed by atoms with Gasteiger partial charge in [0.15, 0.2) is 0 Å². The molecule has 1 aliphatic rings. The topological polar surface area (TPSA) is 66.2 Å². The Kier molecular flexibility index (Phi) is 4.94. The second-order valence-electron chi connectivity index (χ2n) is 6.99. The minimum atomic E-state index is -0.0807. The van der Waals surface area contributed by atoms with E-state index in [1.165, 1.54) is 0 Å². The number of piperidine rings is 1. The molecule has 0 radical (unpaired) electrons. The van der Waals surface area contributed by atoms with Gasteiger partial charge in [0.25, 0.3) is 5.91 Å². The first-order valence-corrected chi connectivity index (χ1v) is 9.43. The number of rotatable bonds is 3. The Balaban J connectivity index is 1.80. The number of hydrogen-bond acceptors (Lipinski definition) is 4. The van der Waals surface area contributed by atoms with Crippen molar-refractivity contribution in [2.75, 3.05) is 20.2 Å². The molecule has 0 N–H and O–H groups in total. The zero-order valence-corrected chi connectivity index (χ0v) is 15.8. The summed E-state index contributed by atoms with van der Waals surface area (Å²) in [6, 6.07) is 17.9. The van der Waals surface area contributed by atoms with Crippen LogP contribution in [-0.4, -0.2) is 36.0 Å². The van der Waals surface area contributed by atoms with Crippen molar-refractivity contribution in [3.63, 3.8) is 0 Å². The van der Waals surface area contributed by atoms with Crippen molar-refractivity contribution in [1.29, 1.82) is 5.26 Å². The van der Waals surface area contributed by atoms with E-state index in [2.05, 4.69) is 11.1 Å². The molecule has 140 valence electrons. The van der Waals surface area contributed by atoms with Gasteiger partial charge in [0.2, 0.25) is 5.88 Å². The number of carbonyl (C=O) groups is 1. The van der Waals surface area contributed by atoms with Gasteiger partial charge in [-0.05, 0) is 47.4 Å². The zero-order valence-electron chi connectivity index (χ0n) is 15.8. The Hall–Kier alpha value is -3.39. The highest BCUT2D eigenvalue weighted by molar-refractivity contribution is 6.11. The van der Waals surface area contributed by atoms with Gasteiger partial charge in [0.05, 0.1) is 19.1 Å². The molecule has 2 heterocycles.